The van der Waals surface area contributed by atoms with Gasteiger partial charge in [0.15, 0.2) is 0 Å². The zero-order chi connectivity index (χ0) is 13.9. The molecule has 1 aromatic carbocycles. The Labute approximate surface area is 119 Å². The summed E-state index contributed by atoms with van der Waals surface area (Å²) in [5, 5.41) is 0. The lowest BCUT2D eigenvalue weighted by atomic mass is 10.1. The normalized spacial score (nSPS) is 22.6. The zero-order valence-electron chi connectivity index (χ0n) is 11.9. The van der Waals surface area contributed by atoms with Gasteiger partial charge in [0, 0.05) is 13.1 Å². The van der Waals surface area contributed by atoms with Crippen molar-refractivity contribution in [2.75, 3.05) is 26.9 Å². The Morgan fingerprint density at radius 1 is 1.40 bits per heavy atom. The smallest absolute Gasteiger partial charge is 0.325 e. The molecule has 4 heteroatoms. The summed E-state index contributed by atoms with van der Waals surface area (Å²) in [6.07, 6.45) is 3.66. The molecule has 0 saturated carbocycles. The Kier molecular flexibility index (Phi) is 4.03. The van der Waals surface area contributed by atoms with Gasteiger partial charge in [0.25, 0.3) is 0 Å². The van der Waals surface area contributed by atoms with Gasteiger partial charge in [0.2, 0.25) is 0 Å². The molecule has 0 bridgehead atoms. The van der Waals surface area contributed by atoms with Gasteiger partial charge in [-0.15, -0.1) is 0 Å². The number of carbonyl (C=O) groups excluding carboxylic acids is 1. The first kappa shape index (κ1) is 13.6. The second-order valence-electron chi connectivity index (χ2n) is 5.54. The Bertz CT molecular complexity index is 500. The maximum Gasteiger partial charge on any atom is 0.325 e. The highest BCUT2D eigenvalue weighted by atomic mass is 16.5. The van der Waals surface area contributed by atoms with Gasteiger partial charge >= 0.3 is 5.97 Å². The average Bonchev–Trinajstić information content (AvgIpc) is 2.94. The number of benzene rings is 1. The Hall–Kier alpha value is -1.39. The summed E-state index contributed by atoms with van der Waals surface area (Å²) in [5.74, 6) is -0.203. The molecular weight excluding hydrogens is 254 g/mol. The predicted molar refractivity (Wildman–Crippen MR) is 75.5 cm³/mol. The van der Waals surface area contributed by atoms with Crippen molar-refractivity contribution in [3.63, 3.8) is 0 Å². The van der Waals surface area contributed by atoms with E-state index < -0.39 is 0 Å². The fraction of sp³-hybridized carbons (Fsp3) is 0.562. The topological polar surface area (TPSA) is 38.8 Å². The molecule has 1 fully saturated rings. The first-order chi connectivity index (χ1) is 9.78. The molecule has 0 amide bonds. The molecule has 20 heavy (non-hydrogen) atoms. The van der Waals surface area contributed by atoms with Gasteiger partial charge in [-0.05, 0) is 36.0 Å². The predicted octanol–water partition coefficient (Wildman–Crippen LogP) is 1.55. The number of aryl methyl sites for hydroxylation is 2. The highest BCUT2D eigenvalue weighted by molar-refractivity contribution is 5.75. The van der Waals surface area contributed by atoms with Crippen molar-refractivity contribution in [2.45, 2.75) is 31.8 Å². The van der Waals surface area contributed by atoms with Gasteiger partial charge in [-0.1, -0.05) is 18.2 Å². The largest absolute Gasteiger partial charge is 0.468 e. The van der Waals surface area contributed by atoms with Gasteiger partial charge < -0.3 is 9.47 Å². The molecular formula is C16H21NO3. The molecule has 108 valence electrons. The number of hydrogen-bond donors (Lipinski definition) is 0. The second-order valence-corrected chi connectivity index (χ2v) is 5.54. The molecule has 0 radical (unpaired) electrons. The summed E-state index contributed by atoms with van der Waals surface area (Å²) in [5.41, 5.74) is 4.24. The summed E-state index contributed by atoms with van der Waals surface area (Å²) in [7, 11) is 1.44. The van der Waals surface area contributed by atoms with Crippen LogP contribution in [0.1, 0.15) is 23.1 Å². The third kappa shape index (κ3) is 2.72. The third-order valence-electron chi connectivity index (χ3n) is 4.26. The number of ether oxygens (including phenoxy) is 2. The molecule has 0 N–H and O–H groups in total. The number of esters is 1. The zero-order valence-corrected chi connectivity index (χ0v) is 11.9. The molecule has 1 saturated heterocycles. The van der Waals surface area contributed by atoms with Crippen LogP contribution in [-0.2, 0) is 33.7 Å². The van der Waals surface area contributed by atoms with Crippen LogP contribution < -0.4 is 0 Å². The minimum absolute atomic E-state index is 0.203. The van der Waals surface area contributed by atoms with E-state index in [0.29, 0.717) is 13.2 Å². The van der Waals surface area contributed by atoms with Crippen LogP contribution in [0.5, 0.6) is 0 Å². The van der Waals surface area contributed by atoms with Crippen LogP contribution in [0.15, 0.2) is 18.2 Å². The van der Waals surface area contributed by atoms with E-state index in [-0.39, 0.29) is 12.0 Å². The van der Waals surface area contributed by atoms with Crippen LogP contribution in [0.25, 0.3) is 0 Å². The average molecular weight is 275 g/mol. The molecule has 1 unspecified atom stereocenters. The molecule has 0 spiro atoms. The summed E-state index contributed by atoms with van der Waals surface area (Å²) >= 11 is 0. The molecule has 1 aliphatic heterocycles. The molecule has 2 aliphatic rings. The molecule has 4 nitrogen and oxygen atoms in total. The summed E-state index contributed by atoms with van der Waals surface area (Å²) in [4.78, 5) is 14.0. The van der Waals surface area contributed by atoms with E-state index in [1.165, 1.54) is 43.1 Å². The lowest BCUT2D eigenvalue weighted by Gasteiger charge is -2.33. The monoisotopic (exact) mass is 275 g/mol. The number of fused-ring (bicyclic) bond motifs is 1. The standard InChI is InChI=1S/C16H21NO3/c1-19-16(18)15-11-20-8-7-17(15)10-12-5-6-13-3-2-4-14(13)9-12/h5-6,9,15H,2-4,7-8,10-11H2,1H3. The van der Waals surface area contributed by atoms with Crippen LogP contribution in [0.2, 0.25) is 0 Å². The van der Waals surface area contributed by atoms with Crippen LogP contribution in [-0.4, -0.2) is 43.8 Å². The van der Waals surface area contributed by atoms with Gasteiger partial charge in [-0.2, -0.15) is 0 Å². The summed E-state index contributed by atoms with van der Waals surface area (Å²) < 4.78 is 10.3. The maximum absolute atomic E-state index is 11.8. The van der Waals surface area contributed by atoms with Gasteiger partial charge in [0.1, 0.15) is 6.04 Å². The molecule has 0 aromatic heterocycles. The lowest BCUT2D eigenvalue weighted by molar-refractivity contribution is -0.153. The van der Waals surface area contributed by atoms with E-state index in [1.807, 2.05) is 0 Å². The first-order valence-corrected chi connectivity index (χ1v) is 7.28. The molecule has 1 aromatic rings. The minimum Gasteiger partial charge on any atom is -0.468 e. The van der Waals surface area contributed by atoms with Crippen LogP contribution >= 0.6 is 0 Å². The van der Waals surface area contributed by atoms with Crippen molar-refractivity contribution in [1.29, 1.82) is 0 Å². The number of methoxy groups -OCH3 is 1. The number of hydrogen-bond acceptors (Lipinski definition) is 4. The van der Waals surface area contributed by atoms with E-state index >= 15 is 0 Å². The Morgan fingerprint density at radius 2 is 2.25 bits per heavy atom. The van der Waals surface area contributed by atoms with Gasteiger partial charge in [-0.3, -0.25) is 9.69 Å². The van der Waals surface area contributed by atoms with E-state index in [0.717, 1.165) is 13.1 Å². The second kappa shape index (κ2) is 5.94. The number of carbonyl (C=O) groups is 1. The molecule has 1 atom stereocenters. The maximum atomic E-state index is 11.8. The fourth-order valence-electron chi connectivity index (χ4n) is 3.14. The van der Waals surface area contributed by atoms with E-state index in [9.17, 15) is 4.79 Å². The van der Waals surface area contributed by atoms with E-state index in [4.69, 9.17) is 9.47 Å². The number of rotatable bonds is 3. The van der Waals surface area contributed by atoms with Crippen molar-refractivity contribution in [1.82, 2.24) is 4.90 Å². The van der Waals surface area contributed by atoms with Crippen molar-refractivity contribution in [2.24, 2.45) is 0 Å². The molecule has 3 rings (SSSR count). The molecule has 1 aliphatic carbocycles. The van der Waals surface area contributed by atoms with Crippen LogP contribution in [0.3, 0.4) is 0 Å². The lowest BCUT2D eigenvalue weighted by Crippen LogP contribution is -2.49. The fourth-order valence-corrected chi connectivity index (χ4v) is 3.14. The van der Waals surface area contributed by atoms with Gasteiger partial charge in [-0.25, -0.2) is 0 Å². The van der Waals surface area contributed by atoms with Crippen LogP contribution in [0, 0.1) is 0 Å². The first-order valence-electron chi connectivity index (χ1n) is 7.28. The SMILES string of the molecule is COC(=O)C1COCCN1Cc1ccc2c(c1)CCC2. The van der Waals surface area contributed by atoms with Gasteiger partial charge in [0.05, 0.1) is 20.3 Å². The highest BCUT2D eigenvalue weighted by Gasteiger charge is 2.30. The van der Waals surface area contributed by atoms with Crippen molar-refractivity contribution in [3.8, 4) is 0 Å². The Balaban J connectivity index is 1.73. The van der Waals surface area contributed by atoms with Crippen LogP contribution in [0.4, 0.5) is 0 Å². The molecule has 1 heterocycles. The van der Waals surface area contributed by atoms with Crippen molar-refractivity contribution in [3.05, 3.63) is 34.9 Å². The highest BCUT2D eigenvalue weighted by Crippen LogP contribution is 2.24. The minimum atomic E-state index is -0.276. The summed E-state index contributed by atoms with van der Waals surface area (Å²) in [6, 6.07) is 6.45. The Morgan fingerprint density at radius 3 is 3.10 bits per heavy atom. The van der Waals surface area contributed by atoms with Crippen molar-refractivity contribution < 1.29 is 14.3 Å². The quantitative estimate of drug-likeness (QED) is 0.785. The van der Waals surface area contributed by atoms with Crippen molar-refractivity contribution >= 4 is 5.97 Å². The third-order valence-corrected chi connectivity index (χ3v) is 4.26. The number of nitrogens with zero attached hydrogens (tertiary/aromatic N) is 1. The van der Waals surface area contributed by atoms with E-state index in [2.05, 4.69) is 23.1 Å². The number of morpholine rings is 1. The summed E-state index contributed by atoms with van der Waals surface area (Å²) in [6.45, 7) is 2.67. The van der Waals surface area contributed by atoms with E-state index in [1.54, 1.807) is 0 Å².